The smallest absolute Gasteiger partial charge is 0.0178 e. The maximum Gasteiger partial charge on any atom is 0.0178 e. The van der Waals surface area contributed by atoms with Crippen LogP contribution in [0.4, 0.5) is 0 Å². The van der Waals surface area contributed by atoms with E-state index in [2.05, 4.69) is 36.4 Å². The molecule has 14 heavy (non-hydrogen) atoms. The zero-order valence-electron chi connectivity index (χ0n) is 8.03. The summed E-state index contributed by atoms with van der Waals surface area (Å²) < 4.78 is 0. The Morgan fingerprint density at radius 1 is 0.714 bits per heavy atom. The third kappa shape index (κ3) is 1.62. The van der Waals surface area contributed by atoms with Gasteiger partial charge in [-0.1, -0.05) is 24.3 Å². The molecule has 2 aromatic carbocycles. The van der Waals surface area contributed by atoms with Gasteiger partial charge in [0.2, 0.25) is 0 Å². The minimum atomic E-state index is 0.586. The van der Waals surface area contributed by atoms with E-state index in [9.17, 15) is 0 Å². The summed E-state index contributed by atoms with van der Waals surface area (Å²) >= 11 is 0. The highest BCUT2D eigenvalue weighted by molar-refractivity contribution is 5.83. The lowest BCUT2D eigenvalue weighted by Gasteiger charge is -2.03. The molecule has 0 radical (unpaired) electrons. The Bertz CT molecular complexity index is 410. The van der Waals surface area contributed by atoms with Gasteiger partial charge >= 0.3 is 0 Å². The zero-order chi connectivity index (χ0) is 9.97. The molecule has 0 heterocycles. The third-order valence-electron chi connectivity index (χ3n) is 2.44. The Hall–Kier alpha value is -1.38. The summed E-state index contributed by atoms with van der Waals surface area (Å²) in [6.07, 6.45) is 0. The van der Waals surface area contributed by atoms with Crippen LogP contribution in [0.25, 0.3) is 10.8 Å². The predicted molar refractivity (Wildman–Crippen MR) is 59.7 cm³/mol. The van der Waals surface area contributed by atoms with Gasteiger partial charge < -0.3 is 11.5 Å². The standard InChI is InChI=1S/C12H14N2/c13-7-9-1-3-11-4-2-10(8-14)6-12(11)5-9/h1-6H,7-8,13-14H2. The van der Waals surface area contributed by atoms with Crippen molar-refractivity contribution >= 4 is 10.8 Å². The molecule has 72 valence electrons. The Kier molecular flexibility index (Phi) is 2.48. The highest BCUT2D eigenvalue weighted by atomic mass is 14.5. The van der Waals surface area contributed by atoms with Crippen molar-refractivity contribution < 1.29 is 0 Å². The number of nitrogens with two attached hydrogens (primary N) is 2. The van der Waals surface area contributed by atoms with Crippen molar-refractivity contribution in [2.24, 2.45) is 11.5 Å². The van der Waals surface area contributed by atoms with Crippen molar-refractivity contribution in [2.75, 3.05) is 0 Å². The van der Waals surface area contributed by atoms with Gasteiger partial charge in [-0.05, 0) is 34.0 Å². The number of fused-ring (bicyclic) bond motifs is 1. The van der Waals surface area contributed by atoms with Crippen LogP contribution in [0.2, 0.25) is 0 Å². The SMILES string of the molecule is NCc1ccc2ccc(CN)cc2c1. The van der Waals surface area contributed by atoms with E-state index in [1.165, 1.54) is 10.8 Å². The quantitative estimate of drug-likeness (QED) is 0.750. The van der Waals surface area contributed by atoms with Crippen LogP contribution in [-0.4, -0.2) is 0 Å². The number of hydrogen-bond donors (Lipinski definition) is 2. The largest absolute Gasteiger partial charge is 0.326 e. The highest BCUT2D eigenvalue weighted by Gasteiger charge is 1.96. The van der Waals surface area contributed by atoms with Crippen LogP contribution < -0.4 is 11.5 Å². The number of benzene rings is 2. The fourth-order valence-corrected chi connectivity index (χ4v) is 1.60. The van der Waals surface area contributed by atoms with Crippen LogP contribution >= 0.6 is 0 Å². The second-order valence-electron chi connectivity index (χ2n) is 3.42. The second kappa shape index (κ2) is 3.78. The first-order chi connectivity index (χ1) is 6.83. The predicted octanol–water partition coefficient (Wildman–Crippen LogP) is 1.76. The second-order valence-corrected chi connectivity index (χ2v) is 3.42. The van der Waals surface area contributed by atoms with Crippen molar-refractivity contribution in [1.82, 2.24) is 0 Å². The Labute approximate surface area is 83.5 Å². The van der Waals surface area contributed by atoms with Gasteiger partial charge in [-0.15, -0.1) is 0 Å². The topological polar surface area (TPSA) is 52.0 Å². The Balaban J connectivity index is 2.60. The van der Waals surface area contributed by atoms with Crippen LogP contribution in [0.3, 0.4) is 0 Å². The normalized spacial score (nSPS) is 10.7. The van der Waals surface area contributed by atoms with Gasteiger partial charge in [-0.2, -0.15) is 0 Å². The van der Waals surface area contributed by atoms with Crippen molar-refractivity contribution in [3.63, 3.8) is 0 Å². The summed E-state index contributed by atoms with van der Waals surface area (Å²) in [5.41, 5.74) is 13.5. The average molecular weight is 186 g/mol. The van der Waals surface area contributed by atoms with E-state index in [0.717, 1.165) is 11.1 Å². The first-order valence-corrected chi connectivity index (χ1v) is 4.75. The minimum absolute atomic E-state index is 0.586. The van der Waals surface area contributed by atoms with Gasteiger partial charge in [0.25, 0.3) is 0 Å². The van der Waals surface area contributed by atoms with E-state index in [1.54, 1.807) is 0 Å². The van der Waals surface area contributed by atoms with E-state index in [1.807, 2.05) is 0 Å². The van der Waals surface area contributed by atoms with Gasteiger partial charge in [0.1, 0.15) is 0 Å². The van der Waals surface area contributed by atoms with E-state index in [4.69, 9.17) is 11.5 Å². The lowest BCUT2D eigenvalue weighted by molar-refractivity contribution is 1.07. The van der Waals surface area contributed by atoms with E-state index < -0.39 is 0 Å². The third-order valence-corrected chi connectivity index (χ3v) is 2.44. The molecule has 0 aromatic heterocycles. The molecule has 0 saturated heterocycles. The lowest BCUT2D eigenvalue weighted by Crippen LogP contribution is -1.97. The minimum Gasteiger partial charge on any atom is -0.326 e. The molecule has 0 aliphatic carbocycles. The molecule has 2 nitrogen and oxygen atoms in total. The zero-order valence-corrected chi connectivity index (χ0v) is 8.03. The van der Waals surface area contributed by atoms with Gasteiger partial charge in [0.15, 0.2) is 0 Å². The lowest BCUT2D eigenvalue weighted by atomic mass is 10.0. The summed E-state index contributed by atoms with van der Waals surface area (Å²) in [5, 5.41) is 2.45. The Morgan fingerprint density at radius 3 is 1.64 bits per heavy atom. The summed E-state index contributed by atoms with van der Waals surface area (Å²) in [4.78, 5) is 0. The molecular weight excluding hydrogens is 172 g/mol. The number of rotatable bonds is 2. The fourth-order valence-electron chi connectivity index (χ4n) is 1.60. The molecule has 0 fully saturated rings. The molecule has 0 unspecified atom stereocenters. The fraction of sp³-hybridized carbons (Fsp3) is 0.167. The molecule has 4 N–H and O–H groups in total. The van der Waals surface area contributed by atoms with Gasteiger partial charge in [-0.3, -0.25) is 0 Å². The van der Waals surface area contributed by atoms with Gasteiger partial charge in [-0.25, -0.2) is 0 Å². The first kappa shape index (κ1) is 9.19. The Morgan fingerprint density at radius 2 is 1.21 bits per heavy atom. The van der Waals surface area contributed by atoms with Crippen molar-refractivity contribution in [2.45, 2.75) is 13.1 Å². The van der Waals surface area contributed by atoms with Crippen LogP contribution in [-0.2, 0) is 13.1 Å². The molecule has 0 aliphatic heterocycles. The van der Waals surface area contributed by atoms with Gasteiger partial charge in [0, 0.05) is 13.1 Å². The average Bonchev–Trinajstić information content (AvgIpc) is 2.27. The van der Waals surface area contributed by atoms with Crippen LogP contribution in [0.15, 0.2) is 36.4 Å². The summed E-state index contributed by atoms with van der Waals surface area (Å²) in [6, 6.07) is 12.5. The molecule has 0 amide bonds. The summed E-state index contributed by atoms with van der Waals surface area (Å²) in [5.74, 6) is 0. The van der Waals surface area contributed by atoms with Crippen LogP contribution in [0.1, 0.15) is 11.1 Å². The molecule has 2 aromatic rings. The molecule has 0 saturated carbocycles. The maximum atomic E-state index is 5.59. The molecular formula is C12H14N2. The van der Waals surface area contributed by atoms with Crippen molar-refractivity contribution in [3.8, 4) is 0 Å². The van der Waals surface area contributed by atoms with E-state index in [-0.39, 0.29) is 0 Å². The molecule has 2 rings (SSSR count). The molecule has 0 aliphatic rings. The van der Waals surface area contributed by atoms with Crippen molar-refractivity contribution in [1.29, 1.82) is 0 Å². The van der Waals surface area contributed by atoms with Crippen molar-refractivity contribution in [3.05, 3.63) is 47.5 Å². The van der Waals surface area contributed by atoms with Gasteiger partial charge in [0.05, 0.1) is 0 Å². The van der Waals surface area contributed by atoms with E-state index in [0.29, 0.717) is 13.1 Å². The first-order valence-electron chi connectivity index (χ1n) is 4.75. The maximum absolute atomic E-state index is 5.59. The number of hydrogen-bond acceptors (Lipinski definition) is 2. The van der Waals surface area contributed by atoms with E-state index >= 15 is 0 Å². The molecule has 0 bridgehead atoms. The molecule has 0 atom stereocenters. The highest BCUT2D eigenvalue weighted by Crippen LogP contribution is 2.17. The summed E-state index contributed by atoms with van der Waals surface area (Å²) in [7, 11) is 0. The van der Waals surface area contributed by atoms with Crippen LogP contribution in [0.5, 0.6) is 0 Å². The molecule has 2 heteroatoms. The monoisotopic (exact) mass is 186 g/mol. The molecule has 0 spiro atoms. The summed E-state index contributed by atoms with van der Waals surface area (Å²) in [6.45, 7) is 1.17. The van der Waals surface area contributed by atoms with Crippen LogP contribution in [0, 0.1) is 0 Å².